The summed E-state index contributed by atoms with van der Waals surface area (Å²) in [6, 6.07) is 6.65. The van der Waals surface area contributed by atoms with E-state index in [-0.39, 0.29) is 11.8 Å². The molecule has 2 amide bonds. The maximum atomic E-state index is 12.8. The van der Waals surface area contributed by atoms with E-state index in [1.807, 2.05) is 45.0 Å². The molecule has 21 heavy (non-hydrogen) atoms. The normalized spacial score (nSPS) is 22.6. The monoisotopic (exact) mass is 352 g/mol. The molecule has 2 rings (SSSR count). The summed E-state index contributed by atoms with van der Waals surface area (Å²) in [4.78, 5) is 26.8. The van der Waals surface area contributed by atoms with E-state index in [9.17, 15) is 9.59 Å². The van der Waals surface area contributed by atoms with Crippen LogP contribution in [0.5, 0.6) is 0 Å². The Morgan fingerprint density at radius 2 is 1.95 bits per heavy atom. The van der Waals surface area contributed by atoms with E-state index < -0.39 is 12.1 Å². The summed E-state index contributed by atoms with van der Waals surface area (Å²) >= 11 is 3.48. The van der Waals surface area contributed by atoms with Crippen molar-refractivity contribution in [1.82, 2.24) is 5.32 Å². The summed E-state index contributed by atoms with van der Waals surface area (Å²) in [6.45, 7) is 6.02. The zero-order chi connectivity index (χ0) is 15.6. The van der Waals surface area contributed by atoms with Crippen molar-refractivity contribution < 1.29 is 9.59 Å². The Morgan fingerprint density at radius 1 is 1.29 bits per heavy atom. The lowest BCUT2D eigenvalue weighted by Gasteiger charge is -2.39. The molecule has 0 bridgehead atoms. The van der Waals surface area contributed by atoms with Crippen molar-refractivity contribution in [2.75, 3.05) is 4.90 Å². The number of para-hydroxylation sites is 1. The molecule has 2 unspecified atom stereocenters. The number of carbonyl (C=O) groups is 2. The lowest BCUT2D eigenvalue weighted by Crippen LogP contribution is -2.63. The van der Waals surface area contributed by atoms with E-state index in [4.69, 9.17) is 0 Å². The Labute approximate surface area is 134 Å². The second-order valence-electron chi connectivity index (χ2n) is 5.77. The number of nitrogens with zero attached hydrogens (tertiary/aromatic N) is 1. The number of benzene rings is 1. The summed E-state index contributed by atoms with van der Waals surface area (Å²) in [5.41, 5.74) is 0.762. The minimum absolute atomic E-state index is 0.0259. The largest absolute Gasteiger partial charge is 0.342 e. The molecule has 1 heterocycles. The van der Waals surface area contributed by atoms with Gasteiger partial charge in [-0.3, -0.25) is 14.5 Å². The van der Waals surface area contributed by atoms with Crippen molar-refractivity contribution in [2.24, 2.45) is 5.92 Å². The van der Waals surface area contributed by atoms with Crippen LogP contribution >= 0.6 is 15.9 Å². The molecule has 1 N–H and O–H groups in total. The van der Waals surface area contributed by atoms with Crippen LogP contribution in [-0.2, 0) is 9.59 Å². The van der Waals surface area contributed by atoms with Gasteiger partial charge in [0.05, 0.1) is 5.69 Å². The SMILES string of the molecule is CCC1C(=O)NC(CC(C)C)C(=O)N1c1ccccc1Br. The highest BCUT2D eigenvalue weighted by Crippen LogP contribution is 2.31. The first-order chi connectivity index (χ1) is 9.95. The summed E-state index contributed by atoms with van der Waals surface area (Å²) < 4.78 is 0.829. The summed E-state index contributed by atoms with van der Waals surface area (Å²) in [5, 5.41) is 2.87. The Kier molecular flexibility index (Phi) is 5.04. The van der Waals surface area contributed by atoms with E-state index in [1.54, 1.807) is 4.90 Å². The second kappa shape index (κ2) is 6.60. The predicted molar refractivity (Wildman–Crippen MR) is 87.1 cm³/mol. The molecule has 1 aliphatic heterocycles. The second-order valence-corrected chi connectivity index (χ2v) is 6.63. The van der Waals surface area contributed by atoms with Gasteiger partial charge in [-0.2, -0.15) is 0 Å². The molecule has 1 aliphatic rings. The fourth-order valence-corrected chi connectivity index (χ4v) is 3.18. The highest BCUT2D eigenvalue weighted by Gasteiger charge is 2.41. The van der Waals surface area contributed by atoms with E-state index in [0.29, 0.717) is 18.8 Å². The topological polar surface area (TPSA) is 49.4 Å². The summed E-state index contributed by atoms with van der Waals surface area (Å²) in [6.07, 6.45) is 1.25. The number of nitrogens with one attached hydrogen (secondary N) is 1. The van der Waals surface area contributed by atoms with Gasteiger partial charge in [0.2, 0.25) is 11.8 Å². The maximum absolute atomic E-state index is 12.8. The summed E-state index contributed by atoms with van der Waals surface area (Å²) in [7, 11) is 0. The molecule has 114 valence electrons. The average molecular weight is 353 g/mol. The van der Waals surface area contributed by atoms with Crippen molar-refractivity contribution in [3.05, 3.63) is 28.7 Å². The van der Waals surface area contributed by atoms with E-state index in [1.165, 1.54) is 0 Å². The van der Waals surface area contributed by atoms with Gasteiger partial charge in [0, 0.05) is 4.47 Å². The third kappa shape index (κ3) is 3.28. The highest BCUT2D eigenvalue weighted by molar-refractivity contribution is 9.10. The van der Waals surface area contributed by atoms with Crippen LogP contribution in [0.2, 0.25) is 0 Å². The van der Waals surface area contributed by atoms with Gasteiger partial charge in [-0.25, -0.2) is 0 Å². The van der Waals surface area contributed by atoms with Crippen molar-refractivity contribution in [3.63, 3.8) is 0 Å². The van der Waals surface area contributed by atoms with Gasteiger partial charge >= 0.3 is 0 Å². The third-order valence-corrected chi connectivity index (χ3v) is 4.34. The molecule has 0 spiro atoms. The number of hydrogen-bond donors (Lipinski definition) is 1. The van der Waals surface area contributed by atoms with Crippen molar-refractivity contribution in [2.45, 2.75) is 45.7 Å². The number of anilines is 1. The quantitative estimate of drug-likeness (QED) is 0.904. The van der Waals surface area contributed by atoms with Gasteiger partial charge in [0.15, 0.2) is 0 Å². The number of carbonyl (C=O) groups excluding carboxylic acids is 2. The predicted octanol–water partition coefficient (Wildman–Crippen LogP) is 3.11. The van der Waals surface area contributed by atoms with Crippen molar-refractivity contribution in [3.8, 4) is 0 Å². The zero-order valence-corrected chi connectivity index (χ0v) is 14.2. The molecule has 0 saturated carbocycles. The lowest BCUT2D eigenvalue weighted by atomic mass is 9.97. The Bertz CT molecular complexity index is 545. The van der Waals surface area contributed by atoms with Crippen molar-refractivity contribution in [1.29, 1.82) is 0 Å². The van der Waals surface area contributed by atoms with Gasteiger partial charge in [0.1, 0.15) is 12.1 Å². The van der Waals surface area contributed by atoms with E-state index in [0.717, 1.165) is 10.2 Å². The fourth-order valence-electron chi connectivity index (χ4n) is 2.70. The average Bonchev–Trinajstić information content (AvgIpc) is 2.42. The van der Waals surface area contributed by atoms with Gasteiger partial charge in [-0.1, -0.05) is 32.9 Å². The molecule has 2 atom stereocenters. The fraction of sp³-hybridized carbons (Fsp3) is 0.500. The molecule has 1 aromatic carbocycles. The number of halogens is 1. The first-order valence-corrected chi connectivity index (χ1v) is 8.13. The van der Waals surface area contributed by atoms with Crippen LogP contribution in [-0.4, -0.2) is 23.9 Å². The minimum Gasteiger partial charge on any atom is -0.342 e. The van der Waals surface area contributed by atoms with Gasteiger partial charge in [-0.05, 0) is 46.8 Å². The molecule has 4 nitrogen and oxygen atoms in total. The van der Waals surface area contributed by atoms with Gasteiger partial charge in [0.25, 0.3) is 0 Å². The van der Waals surface area contributed by atoms with Crippen LogP contribution in [0.25, 0.3) is 0 Å². The molecule has 1 saturated heterocycles. The van der Waals surface area contributed by atoms with Gasteiger partial charge < -0.3 is 5.32 Å². The first-order valence-electron chi connectivity index (χ1n) is 7.33. The number of amides is 2. The highest BCUT2D eigenvalue weighted by atomic mass is 79.9. The lowest BCUT2D eigenvalue weighted by molar-refractivity contribution is -0.134. The van der Waals surface area contributed by atoms with Crippen LogP contribution in [0.3, 0.4) is 0 Å². The van der Waals surface area contributed by atoms with E-state index >= 15 is 0 Å². The Balaban J connectivity index is 2.40. The molecule has 0 radical (unpaired) electrons. The van der Waals surface area contributed by atoms with E-state index in [2.05, 4.69) is 21.2 Å². The molecular weight excluding hydrogens is 332 g/mol. The summed E-state index contributed by atoms with van der Waals surface area (Å²) in [5.74, 6) is 0.249. The van der Waals surface area contributed by atoms with Crippen molar-refractivity contribution >= 4 is 33.4 Å². The molecule has 1 fully saturated rings. The molecule has 5 heteroatoms. The number of rotatable bonds is 4. The minimum atomic E-state index is -0.445. The first kappa shape index (κ1) is 16.0. The zero-order valence-electron chi connectivity index (χ0n) is 12.6. The van der Waals surface area contributed by atoms with Crippen LogP contribution in [0.4, 0.5) is 5.69 Å². The maximum Gasteiger partial charge on any atom is 0.250 e. The van der Waals surface area contributed by atoms with Crippen LogP contribution in [0.15, 0.2) is 28.7 Å². The molecule has 0 aromatic heterocycles. The van der Waals surface area contributed by atoms with Gasteiger partial charge in [-0.15, -0.1) is 0 Å². The molecule has 0 aliphatic carbocycles. The number of piperazine rings is 1. The van der Waals surface area contributed by atoms with Crippen LogP contribution in [0.1, 0.15) is 33.6 Å². The molecule has 1 aromatic rings. The Hall–Kier alpha value is -1.36. The number of hydrogen-bond acceptors (Lipinski definition) is 2. The van der Waals surface area contributed by atoms with Crippen LogP contribution < -0.4 is 10.2 Å². The Morgan fingerprint density at radius 3 is 2.52 bits per heavy atom. The standard InChI is InChI=1S/C16H21BrN2O2/c1-4-13-15(20)18-12(9-10(2)3)16(21)19(13)14-8-6-5-7-11(14)17/h5-8,10,12-13H,4,9H2,1-3H3,(H,18,20). The van der Waals surface area contributed by atoms with Crippen LogP contribution in [0, 0.1) is 5.92 Å². The molecular formula is C16H21BrN2O2. The smallest absolute Gasteiger partial charge is 0.250 e. The third-order valence-electron chi connectivity index (χ3n) is 3.67.